The van der Waals surface area contributed by atoms with Crippen LogP contribution in [0.25, 0.3) is 0 Å². The first-order valence-corrected chi connectivity index (χ1v) is 7.89. The third kappa shape index (κ3) is 3.07. The lowest BCUT2D eigenvalue weighted by Crippen LogP contribution is -2.29. The Morgan fingerprint density at radius 2 is 1.94 bits per heavy atom. The minimum Gasteiger partial charge on any atom is -0.372 e. The van der Waals surface area contributed by atoms with Gasteiger partial charge in [0.2, 0.25) is 0 Å². The van der Waals surface area contributed by atoms with Crippen molar-refractivity contribution in [2.75, 3.05) is 18.0 Å². The molecule has 1 aliphatic carbocycles. The topological polar surface area (TPSA) is 15.3 Å². The molecule has 1 heterocycles. The van der Waals surface area contributed by atoms with E-state index in [1.165, 1.54) is 60.9 Å². The molecule has 0 unspecified atom stereocenters. The van der Waals surface area contributed by atoms with E-state index in [2.05, 4.69) is 44.3 Å². The van der Waals surface area contributed by atoms with Gasteiger partial charge in [0, 0.05) is 35.8 Å². The van der Waals surface area contributed by atoms with Crippen LogP contribution in [0.2, 0.25) is 0 Å². The third-order valence-electron chi connectivity index (χ3n) is 3.92. The lowest BCUT2D eigenvalue weighted by molar-refractivity contribution is 0.577. The van der Waals surface area contributed by atoms with E-state index < -0.39 is 0 Å². The van der Waals surface area contributed by atoms with Gasteiger partial charge in [-0.15, -0.1) is 0 Å². The minimum atomic E-state index is 0.777. The Hall–Kier alpha value is -0.540. The second-order valence-electron chi connectivity index (χ2n) is 5.48. The van der Waals surface area contributed by atoms with Crippen LogP contribution >= 0.6 is 15.9 Å². The molecule has 2 fully saturated rings. The van der Waals surface area contributed by atoms with Crippen molar-refractivity contribution >= 4 is 21.6 Å². The van der Waals surface area contributed by atoms with Gasteiger partial charge in [0.1, 0.15) is 0 Å². The largest absolute Gasteiger partial charge is 0.372 e. The monoisotopic (exact) mass is 308 g/mol. The van der Waals surface area contributed by atoms with Crippen LogP contribution in [-0.2, 0) is 6.54 Å². The Morgan fingerprint density at radius 1 is 1.17 bits per heavy atom. The average Bonchev–Trinajstić information content (AvgIpc) is 3.22. The number of halogens is 1. The van der Waals surface area contributed by atoms with Gasteiger partial charge in [0.15, 0.2) is 0 Å². The highest BCUT2D eigenvalue weighted by Gasteiger charge is 2.20. The number of piperidine rings is 1. The Bertz CT molecular complexity index is 409. The van der Waals surface area contributed by atoms with Crippen molar-refractivity contribution in [1.29, 1.82) is 0 Å². The minimum absolute atomic E-state index is 0.777. The lowest BCUT2D eigenvalue weighted by atomic mass is 10.1. The molecule has 0 spiro atoms. The van der Waals surface area contributed by atoms with Crippen LogP contribution < -0.4 is 10.2 Å². The number of nitrogens with zero attached hydrogens (tertiary/aromatic N) is 1. The highest BCUT2D eigenvalue weighted by atomic mass is 79.9. The van der Waals surface area contributed by atoms with Gasteiger partial charge in [-0.05, 0) is 49.8 Å². The maximum atomic E-state index is 3.72. The van der Waals surface area contributed by atoms with E-state index in [4.69, 9.17) is 0 Å². The molecule has 0 radical (unpaired) electrons. The molecule has 18 heavy (non-hydrogen) atoms. The Morgan fingerprint density at radius 3 is 2.61 bits per heavy atom. The third-order valence-corrected chi connectivity index (χ3v) is 4.65. The van der Waals surface area contributed by atoms with E-state index in [-0.39, 0.29) is 0 Å². The molecule has 2 aliphatic rings. The van der Waals surface area contributed by atoms with Crippen LogP contribution in [0.1, 0.15) is 37.7 Å². The average molecular weight is 309 g/mol. The maximum Gasteiger partial charge on any atom is 0.0377 e. The van der Waals surface area contributed by atoms with E-state index in [9.17, 15) is 0 Å². The Kier molecular flexibility index (Phi) is 3.90. The van der Waals surface area contributed by atoms with Crippen molar-refractivity contribution in [2.45, 2.75) is 44.7 Å². The molecule has 1 aromatic rings. The molecule has 3 rings (SSSR count). The van der Waals surface area contributed by atoms with Gasteiger partial charge >= 0.3 is 0 Å². The predicted molar refractivity (Wildman–Crippen MR) is 80.1 cm³/mol. The van der Waals surface area contributed by atoms with Gasteiger partial charge in [-0.25, -0.2) is 0 Å². The van der Waals surface area contributed by atoms with Crippen molar-refractivity contribution in [3.63, 3.8) is 0 Å². The van der Waals surface area contributed by atoms with Gasteiger partial charge in [-0.3, -0.25) is 0 Å². The van der Waals surface area contributed by atoms with Crippen molar-refractivity contribution < 1.29 is 0 Å². The first kappa shape index (κ1) is 12.5. The summed E-state index contributed by atoms with van der Waals surface area (Å²) < 4.78 is 1.25. The number of anilines is 1. The highest BCUT2D eigenvalue weighted by Crippen LogP contribution is 2.27. The smallest absolute Gasteiger partial charge is 0.0377 e. The summed E-state index contributed by atoms with van der Waals surface area (Å²) in [5.74, 6) is 0. The fourth-order valence-electron chi connectivity index (χ4n) is 2.57. The van der Waals surface area contributed by atoms with Crippen LogP contribution in [0.4, 0.5) is 5.69 Å². The number of rotatable bonds is 4. The maximum absolute atomic E-state index is 3.72. The summed E-state index contributed by atoms with van der Waals surface area (Å²) in [5, 5.41) is 3.57. The predicted octanol–water partition coefficient (Wildman–Crippen LogP) is 3.69. The molecule has 3 heteroatoms. The van der Waals surface area contributed by atoms with Gasteiger partial charge in [0.05, 0.1) is 0 Å². The van der Waals surface area contributed by atoms with Crippen LogP contribution in [0.3, 0.4) is 0 Å². The first-order chi connectivity index (χ1) is 8.83. The molecule has 1 saturated carbocycles. The Balaban J connectivity index is 1.66. The number of benzene rings is 1. The van der Waals surface area contributed by atoms with Crippen molar-refractivity contribution in [3.05, 3.63) is 28.2 Å². The van der Waals surface area contributed by atoms with Crippen LogP contribution in [0, 0.1) is 0 Å². The Labute approximate surface area is 118 Å². The summed E-state index contributed by atoms with van der Waals surface area (Å²) >= 11 is 3.72. The zero-order valence-corrected chi connectivity index (χ0v) is 12.4. The fraction of sp³-hybridized carbons (Fsp3) is 0.600. The molecule has 98 valence electrons. The summed E-state index contributed by atoms with van der Waals surface area (Å²) in [7, 11) is 0. The quantitative estimate of drug-likeness (QED) is 0.912. The molecule has 1 aliphatic heterocycles. The van der Waals surface area contributed by atoms with Crippen molar-refractivity contribution in [1.82, 2.24) is 5.32 Å². The van der Waals surface area contributed by atoms with Gasteiger partial charge in [-0.2, -0.15) is 0 Å². The van der Waals surface area contributed by atoms with Crippen molar-refractivity contribution in [2.24, 2.45) is 0 Å². The van der Waals surface area contributed by atoms with E-state index in [0.717, 1.165) is 12.6 Å². The summed E-state index contributed by atoms with van der Waals surface area (Å²) in [6, 6.07) is 7.61. The lowest BCUT2D eigenvalue weighted by Gasteiger charge is -2.29. The second kappa shape index (κ2) is 5.62. The summed E-state index contributed by atoms with van der Waals surface area (Å²) in [5.41, 5.74) is 2.75. The highest BCUT2D eigenvalue weighted by molar-refractivity contribution is 9.10. The van der Waals surface area contributed by atoms with Crippen LogP contribution in [-0.4, -0.2) is 19.1 Å². The number of nitrogens with one attached hydrogen (secondary N) is 1. The van der Waals surface area contributed by atoms with Crippen LogP contribution in [0.15, 0.2) is 22.7 Å². The van der Waals surface area contributed by atoms with E-state index in [0.29, 0.717) is 0 Å². The van der Waals surface area contributed by atoms with Gasteiger partial charge < -0.3 is 10.2 Å². The fourth-order valence-corrected chi connectivity index (χ4v) is 3.08. The second-order valence-corrected chi connectivity index (χ2v) is 6.33. The van der Waals surface area contributed by atoms with E-state index in [1.54, 1.807) is 0 Å². The molecule has 1 saturated heterocycles. The summed E-state index contributed by atoms with van der Waals surface area (Å²) in [6.45, 7) is 3.42. The number of hydrogen-bond acceptors (Lipinski definition) is 2. The first-order valence-electron chi connectivity index (χ1n) is 7.10. The van der Waals surface area contributed by atoms with Crippen molar-refractivity contribution in [3.8, 4) is 0 Å². The molecule has 1 N–H and O–H groups in total. The van der Waals surface area contributed by atoms with Gasteiger partial charge in [0.25, 0.3) is 0 Å². The zero-order valence-electron chi connectivity index (χ0n) is 10.8. The molecule has 1 aromatic carbocycles. The summed E-state index contributed by atoms with van der Waals surface area (Å²) in [6.07, 6.45) is 6.76. The summed E-state index contributed by atoms with van der Waals surface area (Å²) in [4.78, 5) is 2.51. The van der Waals surface area contributed by atoms with Crippen LogP contribution in [0.5, 0.6) is 0 Å². The molecule has 0 amide bonds. The standard InChI is InChI=1S/C15H21BrN2/c16-15-10-14(18-8-2-1-3-9-18)7-4-12(15)11-17-13-5-6-13/h4,7,10,13,17H,1-3,5-6,8-9,11H2. The molecule has 0 atom stereocenters. The SMILES string of the molecule is Brc1cc(N2CCCCC2)ccc1CNC1CC1. The van der Waals surface area contributed by atoms with Gasteiger partial charge in [-0.1, -0.05) is 22.0 Å². The molecular formula is C15H21BrN2. The number of hydrogen-bond donors (Lipinski definition) is 1. The molecule has 0 aromatic heterocycles. The zero-order chi connectivity index (χ0) is 12.4. The normalized spacial score (nSPS) is 20.2. The van der Waals surface area contributed by atoms with E-state index >= 15 is 0 Å². The molecule has 0 bridgehead atoms. The molecule has 2 nitrogen and oxygen atoms in total. The van der Waals surface area contributed by atoms with E-state index in [1.807, 2.05) is 0 Å². The molecular weight excluding hydrogens is 288 g/mol.